The first kappa shape index (κ1) is 22.7. The zero-order chi connectivity index (χ0) is 23.2. The van der Waals surface area contributed by atoms with Gasteiger partial charge in [-0.25, -0.2) is 4.79 Å². The second-order valence-electron chi connectivity index (χ2n) is 8.60. The van der Waals surface area contributed by atoms with Gasteiger partial charge < -0.3 is 10.1 Å². The largest absolute Gasteiger partial charge is 0.454 e. The molecule has 1 fully saturated rings. The van der Waals surface area contributed by atoms with Crippen LogP contribution in [-0.2, 0) is 20.7 Å². The van der Waals surface area contributed by atoms with E-state index in [1.807, 2.05) is 30.3 Å². The van der Waals surface area contributed by atoms with Gasteiger partial charge in [-0.2, -0.15) is 0 Å². The molecular weight excluding hydrogens is 420 g/mol. The summed E-state index contributed by atoms with van der Waals surface area (Å²) in [6.45, 7) is -0.441. The zero-order valence-corrected chi connectivity index (χ0v) is 18.5. The molecule has 1 saturated carbocycles. The number of hydrogen-bond acceptors (Lipinski definition) is 5. The number of benzene rings is 2. The van der Waals surface area contributed by atoms with E-state index >= 15 is 0 Å². The molecule has 172 valence electrons. The lowest BCUT2D eigenvalue weighted by Crippen LogP contribution is -2.48. The minimum absolute atomic E-state index is 0.0926. The summed E-state index contributed by atoms with van der Waals surface area (Å²) in [6.07, 6.45) is 6.44. The Morgan fingerprint density at radius 2 is 1.45 bits per heavy atom. The summed E-state index contributed by atoms with van der Waals surface area (Å²) in [4.78, 5) is 52.4. The minimum Gasteiger partial charge on any atom is -0.454 e. The Bertz CT molecular complexity index is 993. The molecule has 0 radical (unpaired) electrons. The maximum atomic E-state index is 13.1. The van der Waals surface area contributed by atoms with Crippen LogP contribution in [0.2, 0.25) is 0 Å². The highest BCUT2D eigenvalue weighted by Gasteiger charge is 2.43. The number of carbonyl (C=O) groups excluding carboxylic acids is 4. The second-order valence-corrected chi connectivity index (χ2v) is 8.60. The lowest BCUT2D eigenvalue weighted by Gasteiger charge is -2.25. The normalized spacial score (nSPS) is 17.3. The van der Waals surface area contributed by atoms with Gasteiger partial charge in [-0.05, 0) is 30.5 Å². The summed E-state index contributed by atoms with van der Waals surface area (Å²) in [5, 5.41) is 2.94. The summed E-state index contributed by atoms with van der Waals surface area (Å²) in [5.41, 5.74) is 1.30. The summed E-state index contributed by atoms with van der Waals surface area (Å²) in [7, 11) is 0. The molecule has 1 heterocycles. The lowest BCUT2D eigenvalue weighted by atomic mass is 10.0. The van der Waals surface area contributed by atoms with Crippen LogP contribution in [0.25, 0.3) is 0 Å². The molecule has 33 heavy (non-hydrogen) atoms. The van der Waals surface area contributed by atoms with Crippen molar-refractivity contribution in [3.63, 3.8) is 0 Å². The number of imide groups is 1. The van der Waals surface area contributed by atoms with Crippen LogP contribution in [0.1, 0.15) is 64.8 Å². The maximum Gasteiger partial charge on any atom is 0.330 e. The Morgan fingerprint density at radius 1 is 0.879 bits per heavy atom. The van der Waals surface area contributed by atoms with Crippen LogP contribution < -0.4 is 5.32 Å². The Morgan fingerprint density at radius 3 is 2.06 bits per heavy atom. The first-order valence-corrected chi connectivity index (χ1v) is 11.5. The van der Waals surface area contributed by atoms with Gasteiger partial charge >= 0.3 is 5.97 Å². The van der Waals surface area contributed by atoms with E-state index in [-0.39, 0.29) is 29.5 Å². The van der Waals surface area contributed by atoms with E-state index in [0.717, 1.165) is 36.1 Å². The van der Waals surface area contributed by atoms with Crippen LogP contribution in [-0.4, -0.2) is 47.3 Å². The van der Waals surface area contributed by atoms with E-state index < -0.39 is 30.4 Å². The summed E-state index contributed by atoms with van der Waals surface area (Å²) >= 11 is 0. The van der Waals surface area contributed by atoms with Crippen LogP contribution in [0.4, 0.5) is 0 Å². The SMILES string of the molecule is O=C(COC(=O)C(Cc1ccccc1)N1C(=O)c2ccccc2C1=O)NC1CCCCCC1. The Labute approximate surface area is 193 Å². The molecule has 1 aliphatic carbocycles. The van der Waals surface area contributed by atoms with Gasteiger partial charge in [0.25, 0.3) is 17.7 Å². The van der Waals surface area contributed by atoms with Crippen molar-refractivity contribution in [1.82, 2.24) is 10.2 Å². The average molecular weight is 449 g/mol. The molecule has 0 aromatic heterocycles. The fraction of sp³-hybridized carbons (Fsp3) is 0.385. The number of nitrogens with one attached hydrogen (secondary N) is 1. The number of carbonyl (C=O) groups is 4. The van der Waals surface area contributed by atoms with Gasteiger partial charge in [0, 0.05) is 12.5 Å². The van der Waals surface area contributed by atoms with Gasteiger partial charge in [0.15, 0.2) is 6.61 Å². The molecule has 0 bridgehead atoms. The van der Waals surface area contributed by atoms with E-state index in [1.54, 1.807) is 24.3 Å². The molecule has 0 saturated heterocycles. The van der Waals surface area contributed by atoms with Crippen molar-refractivity contribution < 1.29 is 23.9 Å². The highest BCUT2D eigenvalue weighted by atomic mass is 16.5. The van der Waals surface area contributed by atoms with Gasteiger partial charge in [-0.15, -0.1) is 0 Å². The van der Waals surface area contributed by atoms with Crippen LogP contribution in [0.15, 0.2) is 54.6 Å². The van der Waals surface area contributed by atoms with E-state index in [2.05, 4.69) is 5.32 Å². The lowest BCUT2D eigenvalue weighted by molar-refractivity contribution is -0.152. The van der Waals surface area contributed by atoms with E-state index in [0.29, 0.717) is 0 Å². The molecule has 4 rings (SSSR count). The van der Waals surface area contributed by atoms with Crippen molar-refractivity contribution in [3.8, 4) is 0 Å². The molecule has 2 aromatic carbocycles. The van der Waals surface area contributed by atoms with Crippen molar-refractivity contribution >= 4 is 23.7 Å². The standard InChI is InChI=1S/C26H28N2O5/c29-23(27-19-12-6-1-2-7-13-19)17-33-26(32)22(16-18-10-4-3-5-11-18)28-24(30)20-14-8-9-15-21(20)25(28)31/h3-5,8-11,14-15,19,22H,1-2,6-7,12-13,16-17H2,(H,27,29). The van der Waals surface area contributed by atoms with Crippen molar-refractivity contribution in [3.05, 3.63) is 71.3 Å². The second kappa shape index (κ2) is 10.4. The van der Waals surface area contributed by atoms with E-state index in [9.17, 15) is 19.2 Å². The summed E-state index contributed by atoms with van der Waals surface area (Å²) < 4.78 is 5.32. The quantitative estimate of drug-likeness (QED) is 0.399. The van der Waals surface area contributed by atoms with Gasteiger partial charge in [0.2, 0.25) is 0 Å². The Balaban J connectivity index is 1.47. The first-order valence-electron chi connectivity index (χ1n) is 11.5. The van der Waals surface area contributed by atoms with Crippen molar-refractivity contribution in [1.29, 1.82) is 0 Å². The third-order valence-electron chi connectivity index (χ3n) is 6.25. The fourth-order valence-corrected chi connectivity index (χ4v) is 4.53. The number of esters is 1. The fourth-order valence-electron chi connectivity index (χ4n) is 4.53. The number of ether oxygens (including phenoxy) is 1. The molecule has 7 nitrogen and oxygen atoms in total. The zero-order valence-electron chi connectivity index (χ0n) is 18.5. The average Bonchev–Trinajstić information content (AvgIpc) is 2.98. The highest BCUT2D eigenvalue weighted by Crippen LogP contribution is 2.26. The summed E-state index contributed by atoms with van der Waals surface area (Å²) in [5.74, 6) is -2.20. The van der Waals surface area contributed by atoms with E-state index in [4.69, 9.17) is 4.74 Å². The molecule has 1 aliphatic heterocycles. The molecule has 0 spiro atoms. The molecule has 2 aliphatic rings. The first-order chi connectivity index (χ1) is 16.0. The monoisotopic (exact) mass is 448 g/mol. The number of amides is 3. The molecule has 3 amide bonds. The molecule has 1 atom stereocenters. The van der Waals surface area contributed by atoms with Crippen LogP contribution >= 0.6 is 0 Å². The van der Waals surface area contributed by atoms with Crippen molar-refractivity contribution in [2.24, 2.45) is 0 Å². The molecule has 7 heteroatoms. The van der Waals surface area contributed by atoms with Gasteiger partial charge in [-0.1, -0.05) is 68.1 Å². The predicted molar refractivity (Wildman–Crippen MR) is 121 cm³/mol. The summed E-state index contributed by atoms with van der Waals surface area (Å²) in [6, 6.07) is 14.5. The number of rotatable bonds is 7. The smallest absolute Gasteiger partial charge is 0.330 e. The third kappa shape index (κ3) is 5.30. The number of hydrogen-bond donors (Lipinski definition) is 1. The molecule has 1 unspecified atom stereocenters. The predicted octanol–water partition coefficient (Wildman–Crippen LogP) is 3.28. The van der Waals surface area contributed by atoms with Crippen molar-refractivity contribution in [2.45, 2.75) is 57.0 Å². The third-order valence-corrected chi connectivity index (χ3v) is 6.25. The van der Waals surface area contributed by atoms with Crippen LogP contribution in [0.5, 0.6) is 0 Å². The van der Waals surface area contributed by atoms with Gasteiger partial charge in [0.1, 0.15) is 6.04 Å². The Hall–Kier alpha value is -3.48. The molecule has 2 aromatic rings. The highest BCUT2D eigenvalue weighted by molar-refractivity contribution is 6.22. The van der Waals surface area contributed by atoms with Crippen LogP contribution in [0.3, 0.4) is 0 Å². The number of nitrogens with zero attached hydrogens (tertiary/aromatic N) is 1. The van der Waals surface area contributed by atoms with Gasteiger partial charge in [-0.3, -0.25) is 19.3 Å². The Kier molecular flexibility index (Phi) is 7.17. The van der Waals surface area contributed by atoms with Gasteiger partial charge in [0.05, 0.1) is 11.1 Å². The van der Waals surface area contributed by atoms with Crippen LogP contribution in [0, 0.1) is 0 Å². The minimum atomic E-state index is -1.16. The van der Waals surface area contributed by atoms with E-state index in [1.165, 1.54) is 12.8 Å². The number of fused-ring (bicyclic) bond motifs is 1. The topological polar surface area (TPSA) is 92.8 Å². The molecule has 1 N–H and O–H groups in total. The molecular formula is C26H28N2O5. The van der Waals surface area contributed by atoms with Crippen molar-refractivity contribution in [2.75, 3.05) is 6.61 Å². The maximum absolute atomic E-state index is 13.1.